The Morgan fingerprint density at radius 1 is 1.14 bits per heavy atom. The molecule has 1 N–H and O–H groups in total. The van der Waals surface area contributed by atoms with E-state index in [1.807, 2.05) is 30.3 Å². The number of hydrogen-bond donors (Lipinski definition) is 1. The molecular formula is C28H32FN3O3. The summed E-state index contributed by atoms with van der Waals surface area (Å²) in [5.41, 5.74) is 1.24. The Morgan fingerprint density at radius 3 is 2.89 bits per heavy atom. The molecule has 3 aliphatic heterocycles. The van der Waals surface area contributed by atoms with Crippen molar-refractivity contribution in [1.82, 2.24) is 9.88 Å². The van der Waals surface area contributed by atoms with Gasteiger partial charge in [0.05, 0.1) is 17.5 Å². The second kappa shape index (κ2) is 9.28. The molecule has 1 unspecified atom stereocenters. The van der Waals surface area contributed by atoms with Gasteiger partial charge in [-0.3, -0.25) is 9.36 Å². The molecule has 0 aliphatic carbocycles. The van der Waals surface area contributed by atoms with E-state index in [9.17, 15) is 4.79 Å². The number of benzene rings is 2. The zero-order valence-electron chi connectivity index (χ0n) is 20.0. The van der Waals surface area contributed by atoms with Crippen LogP contribution in [0.25, 0.3) is 16.5 Å². The average Bonchev–Trinajstić information content (AvgIpc) is 3.54. The first-order valence-corrected chi connectivity index (χ1v) is 12.8. The lowest BCUT2D eigenvalue weighted by molar-refractivity contribution is 0.0680. The molecule has 184 valence electrons. The third kappa shape index (κ3) is 4.43. The van der Waals surface area contributed by atoms with Crippen molar-refractivity contribution in [2.24, 2.45) is 5.41 Å². The topological polar surface area (TPSA) is 55.7 Å². The largest absolute Gasteiger partial charge is 0.491 e. The van der Waals surface area contributed by atoms with Crippen molar-refractivity contribution in [3.8, 4) is 11.4 Å². The molecule has 3 fully saturated rings. The molecule has 3 aromatic rings. The average molecular weight is 478 g/mol. The monoisotopic (exact) mass is 477 g/mol. The van der Waals surface area contributed by atoms with E-state index >= 15 is 4.39 Å². The van der Waals surface area contributed by atoms with E-state index in [2.05, 4.69) is 10.2 Å². The SMILES string of the molecule is O=c1c2ccc(OC[C@H]3CCCO3)cc2ccn1-c1ccc(N2CCC3(CCCNC3)C2)c(F)c1. The molecule has 6 nitrogen and oxygen atoms in total. The predicted molar refractivity (Wildman–Crippen MR) is 135 cm³/mol. The number of rotatable bonds is 5. The van der Waals surface area contributed by atoms with Gasteiger partial charge in [0.15, 0.2) is 0 Å². The van der Waals surface area contributed by atoms with Crippen molar-refractivity contribution < 1.29 is 13.9 Å². The molecule has 3 aliphatic rings. The van der Waals surface area contributed by atoms with E-state index in [4.69, 9.17) is 9.47 Å². The molecule has 2 aromatic carbocycles. The highest BCUT2D eigenvalue weighted by atomic mass is 19.1. The van der Waals surface area contributed by atoms with Crippen molar-refractivity contribution >= 4 is 16.5 Å². The number of pyridine rings is 1. The first-order chi connectivity index (χ1) is 17.1. The van der Waals surface area contributed by atoms with Gasteiger partial charge < -0.3 is 19.7 Å². The summed E-state index contributed by atoms with van der Waals surface area (Å²) in [4.78, 5) is 15.4. The summed E-state index contributed by atoms with van der Waals surface area (Å²) in [5, 5.41) is 4.89. The summed E-state index contributed by atoms with van der Waals surface area (Å²) in [7, 11) is 0. The standard InChI is InChI=1S/C28H32FN3O3/c29-25-16-21(4-7-26(25)31-13-10-28(19-31)9-2-11-30-18-28)32-12-8-20-15-22(5-6-24(20)27(32)33)35-17-23-3-1-14-34-23/h4-8,12,15-16,23,30H,1-3,9-11,13-14,17-19H2/t23-,28?/m1/s1. The molecule has 7 heteroatoms. The Morgan fingerprint density at radius 2 is 2.09 bits per heavy atom. The number of anilines is 1. The molecule has 6 rings (SSSR count). The van der Waals surface area contributed by atoms with Crippen LogP contribution < -0.4 is 20.5 Å². The number of aromatic nitrogens is 1. The van der Waals surface area contributed by atoms with Crippen LogP contribution in [0, 0.1) is 11.2 Å². The van der Waals surface area contributed by atoms with Crippen LogP contribution in [0.1, 0.15) is 32.1 Å². The van der Waals surface area contributed by atoms with Gasteiger partial charge in [0, 0.05) is 49.3 Å². The van der Waals surface area contributed by atoms with Crippen LogP contribution in [0.4, 0.5) is 10.1 Å². The lowest BCUT2D eigenvalue weighted by atomic mass is 9.80. The second-order valence-electron chi connectivity index (χ2n) is 10.3. The van der Waals surface area contributed by atoms with Gasteiger partial charge in [0.25, 0.3) is 5.56 Å². The Hall–Kier alpha value is -2.90. The Labute approximate surface area is 204 Å². The van der Waals surface area contributed by atoms with E-state index in [0.717, 1.165) is 63.2 Å². The Bertz CT molecular complexity index is 1280. The number of nitrogens with one attached hydrogen (secondary N) is 1. The van der Waals surface area contributed by atoms with E-state index in [-0.39, 0.29) is 22.9 Å². The smallest absolute Gasteiger partial charge is 0.262 e. The fraction of sp³-hybridized carbons (Fsp3) is 0.464. The summed E-state index contributed by atoms with van der Waals surface area (Å²) in [6.45, 7) is 5.15. The van der Waals surface area contributed by atoms with Gasteiger partial charge in [-0.2, -0.15) is 0 Å². The maximum Gasteiger partial charge on any atom is 0.262 e. The van der Waals surface area contributed by atoms with Gasteiger partial charge in [0.1, 0.15) is 18.2 Å². The normalized spacial score (nSPS) is 24.5. The third-order valence-electron chi connectivity index (χ3n) is 7.88. The van der Waals surface area contributed by atoms with E-state index < -0.39 is 0 Å². The van der Waals surface area contributed by atoms with Gasteiger partial charge in [-0.25, -0.2) is 4.39 Å². The Balaban J connectivity index is 1.21. The third-order valence-corrected chi connectivity index (χ3v) is 7.88. The molecule has 35 heavy (non-hydrogen) atoms. The van der Waals surface area contributed by atoms with Crippen LogP contribution in [-0.4, -0.2) is 50.1 Å². The van der Waals surface area contributed by atoms with Crippen LogP contribution in [0.2, 0.25) is 0 Å². The quantitative estimate of drug-likeness (QED) is 0.595. The summed E-state index contributed by atoms with van der Waals surface area (Å²) < 4.78 is 28.3. The van der Waals surface area contributed by atoms with Crippen LogP contribution in [0.5, 0.6) is 5.75 Å². The van der Waals surface area contributed by atoms with Crippen molar-refractivity contribution in [3.63, 3.8) is 0 Å². The molecular weight excluding hydrogens is 445 g/mol. The molecule has 2 atom stereocenters. The fourth-order valence-electron chi connectivity index (χ4n) is 5.91. The summed E-state index contributed by atoms with van der Waals surface area (Å²) in [5.74, 6) is 0.435. The van der Waals surface area contributed by atoms with Crippen LogP contribution in [0.3, 0.4) is 0 Å². The van der Waals surface area contributed by atoms with Crippen molar-refractivity contribution in [3.05, 3.63) is 64.8 Å². The zero-order valence-corrected chi connectivity index (χ0v) is 20.0. The molecule has 1 spiro atoms. The van der Waals surface area contributed by atoms with E-state index in [0.29, 0.717) is 23.4 Å². The number of halogens is 1. The Kier molecular flexibility index (Phi) is 5.98. The minimum Gasteiger partial charge on any atom is -0.491 e. The number of piperidine rings is 1. The minimum absolute atomic E-state index is 0.141. The first-order valence-electron chi connectivity index (χ1n) is 12.8. The molecule has 3 saturated heterocycles. The maximum atomic E-state index is 15.3. The molecule has 4 heterocycles. The number of nitrogens with zero attached hydrogens (tertiary/aromatic N) is 2. The van der Waals surface area contributed by atoms with Gasteiger partial charge >= 0.3 is 0 Å². The zero-order chi connectivity index (χ0) is 23.8. The lowest BCUT2D eigenvalue weighted by Crippen LogP contribution is -2.42. The van der Waals surface area contributed by atoms with Gasteiger partial charge in [-0.15, -0.1) is 0 Å². The second-order valence-corrected chi connectivity index (χ2v) is 10.3. The summed E-state index contributed by atoms with van der Waals surface area (Å²) in [6, 6.07) is 12.5. The van der Waals surface area contributed by atoms with Crippen molar-refractivity contribution in [1.29, 1.82) is 0 Å². The van der Waals surface area contributed by atoms with Gasteiger partial charge in [-0.05, 0) is 80.4 Å². The summed E-state index contributed by atoms with van der Waals surface area (Å²) in [6.07, 6.45) is 7.41. The van der Waals surface area contributed by atoms with Crippen LogP contribution in [0.15, 0.2) is 53.5 Å². The predicted octanol–water partition coefficient (Wildman–Crippen LogP) is 4.27. The van der Waals surface area contributed by atoms with Crippen molar-refractivity contribution in [2.45, 2.75) is 38.2 Å². The molecule has 0 saturated carbocycles. The number of hydrogen-bond acceptors (Lipinski definition) is 5. The minimum atomic E-state index is -0.284. The molecule has 0 bridgehead atoms. The maximum absolute atomic E-state index is 15.3. The highest BCUT2D eigenvalue weighted by Crippen LogP contribution is 2.39. The summed E-state index contributed by atoms with van der Waals surface area (Å²) >= 11 is 0. The highest BCUT2D eigenvalue weighted by Gasteiger charge is 2.39. The van der Waals surface area contributed by atoms with E-state index in [1.165, 1.54) is 23.5 Å². The molecule has 0 amide bonds. The fourth-order valence-corrected chi connectivity index (χ4v) is 5.91. The lowest BCUT2D eigenvalue weighted by Gasteiger charge is -2.34. The van der Waals surface area contributed by atoms with Gasteiger partial charge in [-0.1, -0.05) is 0 Å². The molecule has 0 radical (unpaired) electrons. The van der Waals surface area contributed by atoms with E-state index in [1.54, 1.807) is 12.3 Å². The van der Waals surface area contributed by atoms with Crippen molar-refractivity contribution in [2.75, 3.05) is 44.3 Å². The van der Waals surface area contributed by atoms with Gasteiger partial charge in [0.2, 0.25) is 0 Å². The number of ether oxygens (including phenoxy) is 2. The van der Waals surface area contributed by atoms with Crippen LogP contribution in [-0.2, 0) is 4.74 Å². The number of fused-ring (bicyclic) bond motifs is 1. The highest BCUT2D eigenvalue weighted by molar-refractivity contribution is 5.83. The first kappa shape index (κ1) is 22.6. The van der Waals surface area contributed by atoms with Crippen LogP contribution >= 0.6 is 0 Å². The molecule has 1 aromatic heterocycles.